The Morgan fingerprint density at radius 3 is 2.35 bits per heavy atom. The quantitative estimate of drug-likeness (QED) is 0.299. The van der Waals surface area contributed by atoms with Crippen LogP contribution in [0.25, 0.3) is 22.4 Å². The van der Waals surface area contributed by atoms with Gasteiger partial charge in [0.05, 0.1) is 22.3 Å². The van der Waals surface area contributed by atoms with Crippen molar-refractivity contribution in [1.29, 1.82) is 0 Å². The van der Waals surface area contributed by atoms with Gasteiger partial charge in [-0.25, -0.2) is 4.57 Å². The molecule has 0 fully saturated rings. The van der Waals surface area contributed by atoms with Crippen LogP contribution in [0.5, 0.6) is 0 Å². The molecule has 0 aliphatic rings. The number of hydrogen-bond donors (Lipinski definition) is 1. The van der Waals surface area contributed by atoms with Gasteiger partial charge in [0.2, 0.25) is 11.7 Å². The molecule has 8 nitrogen and oxygen atoms in total. The fourth-order valence-corrected chi connectivity index (χ4v) is 4.44. The van der Waals surface area contributed by atoms with Gasteiger partial charge in [-0.3, -0.25) is 18.8 Å². The average Bonchev–Trinajstić information content (AvgIpc) is 3.28. The van der Waals surface area contributed by atoms with Crippen LogP contribution in [0.3, 0.4) is 0 Å². The Hall–Kier alpha value is -4.24. The fourth-order valence-electron chi connectivity index (χ4n) is 3.70. The number of Topliss-reactive ketones (excluding diaryl/α,β-unsaturated/α-hetero) is 1. The number of rotatable bonds is 6. The highest BCUT2D eigenvalue weighted by Gasteiger charge is 2.18. The first-order chi connectivity index (χ1) is 16.5. The van der Waals surface area contributed by atoms with E-state index in [1.165, 1.54) is 23.3 Å². The van der Waals surface area contributed by atoms with Crippen molar-refractivity contribution in [3.8, 4) is 5.69 Å². The highest BCUT2D eigenvalue weighted by molar-refractivity contribution is 7.99. The molecule has 0 atom stereocenters. The summed E-state index contributed by atoms with van der Waals surface area (Å²) in [5.74, 6) is 0.206. The summed E-state index contributed by atoms with van der Waals surface area (Å²) < 4.78 is 3.32. The van der Waals surface area contributed by atoms with Crippen LogP contribution in [0.1, 0.15) is 17.3 Å². The normalized spacial score (nSPS) is 11.1. The van der Waals surface area contributed by atoms with Crippen LogP contribution in [-0.4, -0.2) is 36.6 Å². The van der Waals surface area contributed by atoms with E-state index in [2.05, 4.69) is 15.5 Å². The lowest BCUT2D eigenvalue weighted by molar-refractivity contribution is -0.113. The molecular formula is C25H19N5O3S. The molecule has 1 amide bonds. The van der Waals surface area contributed by atoms with Crippen molar-refractivity contribution in [1.82, 2.24) is 19.2 Å². The monoisotopic (exact) mass is 469 g/mol. The Morgan fingerprint density at radius 1 is 0.912 bits per heavy atom. The largest absolute Gasteiger partial charge is 0.325 e. The number of para-hydroxylation sites is 2. The molecule has 0 saturated carbocycles. The van der Waals surface area contributed by atoms with Crippen molar-refractivity contribution in [2.45, 2.75) is 12.1 Å². The van der Waals surface area contributed by atoms with E-state index in [0.717, 1.165) is 0 Å². The van der Waals surface area contributed by atoms with Gasteiger partial charge in [0.1, 0.15) is 0 Å². The van der Waals surface area contributed by atoms with Crippen molar-refractivity contribution in [3.05, 3.63) is 94.8 Å². The standard InChI is InChI=1S/C25H19N5O3S/c1-16(31)17-11-13-18(14-12-17)26-22(32)15-34-25-28-27-24-29(19-7-3-2-4-8-19)23(33)20-9-5-6-10-21(20)30(24)25/h2-14H,15H2,1H3,(H,26,32). The summed E-state index contributed by atoms with van der Waals surface area (Å²) in [5.41, 5.74) is 2.34. The summed E-state index contributed by atoms with van der Waals surface area (Å²) in [6, 6.07) is 23.3. The molecule has 0 aliphatic carbocycles. The van der Waals surface area contributed by atoms with Gasteiger partial charge in [0.15, 0.2) is 10.9 Å². The van der Waals surface area contributed by atoms with Crippen LogP contribution >= 0.6 is 11.8 Å². The Balaban J connectivity index is 1.48. The van der Waals surface area contributed by atoms with E-state index in [0.29, 0.717) is 38.8 Å². The maximum atomic E-state index is 13.3. The van der Waals surface area contributed by atoms with E-state index in [4.69, 9.17) is 0 Å². The Kier molecular flexibility index (Phi) is 5.69. The van der Waals surface area contributed by atoms with Crippen molar-refractivity contribution < 1.29 is 9.59 Å². The second kappa shape index (κ2) is 8.95. The summed E-state index contributed by atoms with van der Waals surface area (Å²) in [6.07, 6.45) is 0. The minimum absolute atomic E-state index is 0.0340. The van der Waals surface area contributed by atoms with Crippen molar-refractivity contribution in [2.75, 3.05) is 11.1 Å². The summed E-state index contributed by atoms with van der Waals surface area (Å²) in [6.45, 7) is 1.49. The van der Waals surface area contributed by atoms with Crippen LogP contribution in [0.15, 0.2) is 88.8 Å². The number of anilines is 1. The lowest BCUT2D eigenvalue weighted by Gasteiger charge is -2.11. The van der Waals surface area contributed by atoms with Gasteiger partial charge in [-0.2, -0.15) is 0 Å². The molecule has 34 heavy (non-hydrogen) atoms. The van der Waals surface area contributed by atoms with Gasteiger partial charge in [0, 0.05) is 11.3 Å². The number of ketones is 1. The average molecular weight is 470 g/mol. The van der Waals surface area contributed by atoms with E-state index in [1.807, 2.05) is 48.5 Å². The number of benzene rings is 3. The molecule has 5 rings (SSSR count). The summed E-state index contributed by atoms with van der Waals surface area (Å²) in [5, 5.41) is 12.4. The predicted octanol–water partition coefficient (Wildman–Crippen LogP) is 3.97. The molecule has 3 aromatic carbocycles. The molecule has 5 aromatic rings. The SMILES string of the molecule is CC(=O)c1ccc(NC(=O)CSc2nnc3n(-c4ccccc4)c(=O)c4ccccc4n23)cc1. The second-order valence-electron chi connectivity index (χ2n) is 7.58. The van der Waals surface area contributed by atoms with E-state index in [1.54, 1.807) is 34.7 Å². The molecule has 0 spiro atoms. The Bertz CT molecular complexity index is 1590. The van der Waals surface area contributed by atoms with Crippen molar-refractivity contribution >= 4 is 45.8 Å². The van der Waals surface area contributed by atoms with Crippen LogP contribution in [-0.2, 0) is 4.79 Å². The lowest BCUT2D eigenvalue weighted by atomic mass is 10.1. The van der Waals surface area contributed by atoms with Crippen LogP contribution in [0, 0.1) is 0 Å². The number of aromatic nitrogens is 4. The van der Waals surface area contributed by atoms with Gasteiger partial charge < -0.3 is 5.32 Å². The topological polar surface area (TPSA) is 98.4 Å². The number of nitrogens with zero attached hydrogens (tertiary/aromatic N) is 4. The first-order valence-electron chi connectivity index (χ1n) is 10.5. The number of nitrogens with one attached hydrogen (secondary N) is 1. The minimum atomic E-state index is -0.224. The maximum Gasteiger partial charge on any atom is 0.267 e. The molecule has 1 N–H and O–H groups in total. The smallest absolute Gasteiger partial charge is 0.267 e. The third kappa shape index (κ3) is 3.97. The number of amides is 1. The Morgan fingerprint density at radius 2 is 1.62 bits per heavy atom. The first kappa shape index (κ1) is 21.6. The van der Waals surface area contributed by atoms with Crippen molar-refractivity contribution in [3.63, 3.8) is 0 Å². The lowest BCUT2D eigenvalue weighted by Crippen LogP contribution is -2.21. The van der Waals surface area contributed by atoms with Crippen LogP contribution in [0.4, 0.5) is 5.69 Å². The van der Waals surface area contributed by atoms with E-state index >= 15 is 0 Å². The fraction of sp³-hybridized carbons (Fsp3) is 0.0800. The second-order valence-corrected chi connectivity index (χ2v) is 8.52. The molecule has 2 heterocycles. The minimum Gasteiger partial charge on any atom is -0.325 e. The number of carbonyl (C=O) groups excluding carboxylic acids is 2. The summed E-state index contributed by atoms with van der Waals surface area (Å²) >= 11 is 1.22. The van der Waals surface area contributed by atoms with E-state index in [9.17, 15) is 14.4 Å². The zero-order valence-corrected chi connectivity index (χ0v) is 19.0. The molecule has 9 heteroatoms. The number of thioether (sulfide) groups is 1. The Labute approximate surface area is 198 Å². The maximum absolute atomic E-state index is 13.3. The number of carbonyl (C=O) groups is 2. The molecule has 0 radical (unpaired) electrons. The number of hydrogen-bond acceptors (Lipinski definition) is 6. The highest BCUT2D eigenvalue weighted by Crippen LogP contribution is 2.23. The van der Waals surface area contributed by atoms with Crippen LogP contribution in [0.2, 0.25) is 0 Å². The summed E-state index contributed by atoms with van der Waals surface area (Å²) in [4.78, 5) is 37.3. The van der Waals surface area contributed by atoms with Crippen LogP contribution < -0.4 is 10.9 Å². The van der Waals surface area contributed by atoms with Gasteiger partial charge in [-0.15, -0.1) is 10.2 Å². The van der Waals surface area contributed by atoms with Gasteiger partial charge in [-0.05, 0) is 55.5 Å². The molecule has 0 bridgehead atoms. The molecule has 2 aromatic heterocycles. The predicted molar refractivity (Wildman–Crippen MR) is 132 cm³/mol. The van der Waals surface area contributed by atoms with E-state index < -0.39 is 0 Å². The van der Waals surface area contributed by atoms with Crippen molar-refractivity contribution in [2.24, 2.45) is 0 Å². The molecule has 0 saturated heterocycles. The third-order valence-corrected chi connectivity index (χ3v) is 6.25. The highest BCUT2D eigenvalue weighted by atomic mass is 32.2. The molecule has 0 unspecified atom stereocenters. The molecular weight excluding hydrogens is 450 g/mol. The third-order valence-electron chi connectivity index (χ3n) is 5.32. The number of fused-ring (bicyclic) bond motifs is 3. The zero-order chi connectivity index (χ0) is 23.7. The van der Waals surface area contributed by atoms with Gasteiger partial charge >= 0.3 is 0 Å². The molecule has 168 valence electrons. The van der Waals surface area contributed by atoms with Gasteiger partial charge in [0.25, 0.3) is 5.56 Å². The zero-order valence-electron chi connectivity index (χ0n) is 18.1. The molecule has 0 aliphatic heterocycles. The van der Waals surface area contributed by atoms with Gasteiger partial charge in [-0.1, -0.05) is 42.1 Å². The summed E-state index contributed by atoms with van der Waals surface area (Å²) in [7, 11) is 0. The first-order valence-corrected chi connectivity index (χ1v) is 11.5. The van der Waals surface area contributed by atoms with E-state index in [-0.39, 0.29) is 23.0 Å².